The van der Waals surface area contributed by atoms with Gasteiger partial charge in [0, 0.05) is 19.5 Å². The molecule has 0 bridgehead atoms. The van der Waals surface area contributed by atoms with Crippen LogP contribution in [0, 0.1) is 17.7 Å². The maximum atomic E-state index is 13.3. The van der Waals surface area contributed by atoms with Gasteiger partial charge in [-0.3, -0.25) is 4.79 Å². The number of halogens is 2. The van der Waals surface area contributed by atoms with Crippen LogP contribution in [-0.2, 0) is 11.2 Å². The van der Waals surface area contributed by atoms with Gasteiger partial charge in [0.1, 0.15) is 5.82 Å². The van der Waals surface area contributed by atoms with Gasteiger partial charge in [-0.15, -0.1) is 12.4 Å². The molecule has 1 amide bonds. The van der Waals surface area contributed by atoms with E-state index in [1.807, 2.05) is 11.0 Å². The molecule has 1 aromatic rings. The van der Waals surface area contributed by atoms with E-state index in [1.165, 1.54) is 18.9 Å². The first kappa shape index (κ1) is 20.2. The summed E-state index contributed by atoms with van der Waals surface area (Å²) in [5.74, 6) is 1.47. The van der Waals surface area contributed by atoms with Crippen molar-refractivity contribution in [2.45, 2.75) is 44.9 Å². The van der Waals surface area contributed by atoms with Crippen molar-refractivity contribution < 1.29 is 9.18 Å². The Hall–Kier alpha value is -1.13. The van der Waals surface area contributed by atoms with E-state index in [9.17, 15) is 9.18 Å². The SMILES string of the molecule is Cl.O=C(CCC1CCNCC1)N1CCC(Cc2cccc(F)c2)CC1. The normalized spacial score (nSPS) is 19.5. The van der Waals surface area contributed by atoms with Crippen LogP contribution >= 0.6 is 12.4 Å². The molecule has 0 atom stereocenters. The highest BCUT2D eigenvalue weighted by Gasteiger charge is 2.24. The number of carbonyl (C=O) groups excluding carboxylic acids is 1. The number of hydrogen-bond acceptors (Lipinski definition) is 2. The molecule has 2 aliphatic rings. The molecule has 2 aliphatic heterocycles. The quantitative estimate of drug-likeness (QED) is 0.857. The van der Waals surface area contributed by atoms with Gasteiger partial charge in [-0.25, -0.2) is 4.39 Å². The number of rotatable bonds is 5. The summed E-state index contributed by atoms with van der Waals surface area (Å²) in [6, 6.07) is 6.91. The number of carbonyl (C=O) groups is 1. The van der Waals surface area contributed by atoms with Gasteiger partial charge in [-0.05, 0) is 81.1 Å². The molecule has 1 N–H and O–H groups in total. The fraction of sp³-hybridized carbons (Fsp3) is 0.650. The van der Waals surface area contributed by atoms with Crippen molar-refractivity contribution in [2.75, 3.05) is 26.2 Å². The number of nitrogens with zero attached hydrogens (tertiary/aromatic N) is 1. The van der Waals surface area contributed by atoms with Crippen LogP contribution in [0.5, 0.6) is 0 Å². The molecule has 5 heteroatoms. The van der Waals surface area contributed by atoms with Crippen molar-refractivity contribution >= 4 is 18.3 Å². The predicted molar refractivity (Wildman–Crippen MR) is 101 cm³/mol. The van der Waals surface area contributed by atoms with Gasteiger partial charge < -0.3 is 10.2 Å². The highest BCUT2D eigenvalue weighted by Crippen LogP contribution is 2.24. The molecule has 0 unspecified atom stereocenters. The summed E-state index contributed by atoms with van der Waals surface area (Å²) in [6.45, 7) is 3.94. The van der Waals surface area contributed by atoms with E-state index in [0.29, 0.717) is 18.2 Å². The fourth-order valence-corrected chi connectivity index (χ4v) is 4.04. The van der Waals surface area contributed by atoms with Crippen molar-refractivity contribution in [3.63, 3.8) is 0 Å². The maximum absolute atomic E-state index is 13.3. The average Bonchev–Trinajstić information content (AvgIpc) is 2.61. The Morgan fingerprint density at radius 2 is 1.84 bits per heavy atom. The van der Waals surface area contributed by atoms with Crippen LogP contribution in [0.25, 0.3) is 0 Å². The van der Waals surface area contributed by atoms with Crippen LogP contribution in [-0.4, -0.2) is 37.0 Å². The Morgan fingerprint density at radius 3 is 2.52 bits per heavy atom. The fourth-order valence-electron chi connectivity index (χ4n) is 4.04. The topological polar surface area (TPSA) is 32.3 Å². The van der Waals surface area contributed by atoms with Gasteiger partial charge in [0.15, 0.2) is 0 Å². The van der Waals surface area contributed by atoms with E-state index in [1.54, 1.807) is 12.1 Å². The number of hydrogen-bond donors (Lipinski definition) is 1. The molecule has 3 rings (SSSR count). The first-order valence-electron chi connectivity index (χ1n) is 9.43. The van der Waals surface area contributed by atoms with Gasteiger partial charge in [-0.1, -0.05) is 12.1 Å². The van der Waals surface area contributed by atoms with E-state index in [-0.39, 0.29) is 18.2 Å². The lowest BCUT2D eigenvalue weighted by atomic mass is 9.89. The van der Waals surface area contributed by atoms with Gasteiger partial charge in [-0.2, -0.15) is 0 Å². The minimum Gasteiger partial charge on any atom is -0.343 e. The second kappa shape index (κ2) is 10.1. The van der Waals surface area contributed by atoms with Crippen LogP contribution in [0.2, 0.25) is 0 Å². The van der Waals surface area contributed by atoms with Gasteiger partial charge in [0.05, 0.1) is 0 Å². The van der Waals surface area contributed by atoms with Crippen molar-refractivity contribution in [2.24, 2.45) is 11.8 Å². The summed E-state index contributed by atoms with van der Waals surface area (Å²) in [5.41, 5.74) is 1.07. The van der Waals surface area contributed by atoms with Gasteiger partial charge in [0.2, 0.25) is 5.91 Å². The van der Waals surface area contributed by atoms with Crippen molar-refractivity contribution in [1.29, 1.82) is 0 Å². The zero-order valence-electron chi connectivity index (χ0n) is 14.9. The van der Waals surface area contributed by atoms with E-state index in [0.717, 1.165) is 63.3 Å². The predicted octanol–water partition coefficient (Wildman–Crippen LogP) is 3.81. The zero-order valence-corrected chi connectivity index (χ0v) is 15.7. The monoisotopic (exact) mass is 368 g/mol. The first-order chi connectivity index (χ1) is 11.7. The van der Waals surface area contributed by atoms with Crippen LogP contribution in [0.15, 0.2) is 24.3 Å². The molecular formula is C20H30ClFN2O. The smallest absolute Gasteiger partial charge is 0.222 e. The Labute approximate surface area is 156 Å². The largest absolute Gasteiger partial charge is 0.343 e. The highest BCUT2D eigenvalue weighted by molar-refractivity contribution is 5.85. The lowest BCUT2D eigenvalue weighted by Crippen LogP contribution is -2.39. The minimum absolute atomic E-state index is 0. The number of nitrogens with one attached hydrogen (secondary N) is 1. The number of likely N-dealkylation sites (tertiary alicyclic amines) is 1. The molecule has 2 fully saturated rings. The molecule has 140 valence electrons. The van der Waals surface area contributed by atoms with Gasteiger partial charge >= 0.3 is 0 Å². The zero-order chi connectivity index (χ0) is 16.8. The Balaban J connectivity index is 0.00000225. The maximum Gasteiger partial charge on any atom is 0.222 e. The van der Waals surface area contributed by atoms with Crippen LogP contribution in [0.3, 0.4) is 0 Å². The Bertz CT molecular complexity index is 540. The molecule has 3 nitrogen and oxygen atoms in total. The van der Waals surface area contributed by atoms with E-state index < -0.39 is 0 Å². The molecule has 0 spiro atoms. The Morgan fingerprint density at radius 1 is 1.12 bits per heavy atom. The molecule has 1 aromatic carbocycles. The minimum atomic E-state index is -0.155. The van der Waals surface area contributed by atoms with Crippen LogP contribution in [0.4, 0.5) is 4.39 Å². The molecule has 0 aliphatic carbocycles. The molecular weight excluding hydrogens is 339 g/mol. The number of piperidine rings is 2. The second-order valence-electron chi connectivity index (χ2n) is 7.39. The molecule has 0 saturated carbocycles. The van der Waals surface area contributed by atoms with E-state index in [4.69, 9.17) is 0 Å². The van der Waals surface area contributed by atoms with Crippen molar-refractivity contribution in [3.8, 4) is 0 Å². The van der Waals surface area contributed by atoms with Crippen LogP contribution in [0.1, 0.15) is 44.1 Å². The van der Waals surface area contributed by atoms with E-state index >= 15 is 0 Å². The summed E-state index contributed by atoms with van der Waals surface area (Å²) in [5, 5.41) is 3.38. The first-order valence-corrected chi connectivity index (χ1v) is 9.43. The van der Waals surface area contributed by atoms with Crippen LogP contribution < -0.4 is 5.32 Å². The standard InChI is InChI=1S/C20H29FN2O.ClH/c21-19-3-1-2-18(15-19)14-17-8-12-23(13-9-17)20(24)5-4-16-6-10-22-11-7-16;/h1-3,15-17,22H,4-14H2;1H. The Kier molecular flexibility index (Phi) is 8.17. The molecule has 2 heterocycles. The summed E-state index contributed by atoms with van der Waals surface area (Å²) in [4.78, 5) is 14.5. The lowest BCUT2D eigenvalue weighted by molar-refractivity contribution is -0.132. The summed E-state index contributed by atoms with van der Waals surface area (Å²) < 4.78 is 13.3. The third kappa shape index (κ3) is 6.27. The lowest BCUT2D eigenvalue weighted by Gasteiger charge is -2.32. The number of amides is 1. The number of benzene rings is 1. The molecule has 2 saturated heterocycles. The third-order valence-corrected chi connectivity index (χ3v) is 5.61. The average molecular weight is 369 g/mol. The third-order valence-electron chi connectivity index (χ3n) is 5.61. The van der Waals surface area contributed by atoms with Crippen molar-refractivity contribution in [1.82, 2.24) is 10.2 Å². The highest BCUT2D eigenvalue weighted by atomic mass is 35.5. The summed E-state index contributed by atoms with van der Waals surface area (Å²) in [7, 11) is 0. The molecule has 0 radical (unpaired) electrons. The summed E-state index contributed by atoms with van der Waals surface area (Å²) in [6.07, 6.45) is 7.18. The summed E-state index contributed by atoms with van der Waals surface area (Å²) >= 11 is 0. The van der Waals surface area contributed by atoms with E-state index in [2.05, 4.69) is 5.32 Å². The molecule has 0 aromatic heterocycles. The second-order valence-corrected chi connectivity index (χ2v) is 7.39. The van der Waals surface area contributed by atoms with Crippen molar-refractivity contribution in [3.05, 3.63) is 35.6 Å². The van der Waals surface area contributed by atoms with Gasteiger partial charge in [0.25, 0.3) is 0 Å². The molecule has 25 heavy (non-hydrogen) atoms.